The third kappa shape index (κ3) is 3.28. The predicted octanol–water partition coefficient (Wildman–Crippen LogP) is 1.59. The van der Waals surface area contributed by atoms with Gasteiger partial charge in [-0.05, 0) is 12.1 Å². The van der Waals surface area contributed by atoms with E-state index in [9.17, 15) is 9.59 Å². The van der Waals surface area contributed by atoms with E-state index in [4.69, 9.17) is 5.11 Å². The van der Waals surface area contributed by atoms with Crippen molar-refractivity contribution in [3.63, 3.8) is 0 Å². The van der Waals surface area contributed by atoms with Crippen molar-refractivity contribution in [2.24, 2.45) is 0 Å². The summed E-state index contributed by atoms with van der Waals surface area (Å²) in [5.74, 6) is -1.36. The lowest BCUT2D eigenvalue weighted by Crippen LogP contribution is -2.31. The molecule has 0 spiro atoms. The quantitative estimate of drug-likeness (QED) is 0.774. The number of amides is 1. The summed E-state index contributed by atoms with van der Waals surface area (Å²) >= 11 is 0. The Morgan fingerprint density at radius 3 is 2.28 bits per heavy atom. The topological polar surface area (TPSA) is 70.5 Å². The molecule has 0 aliphatic rings. The van der Waals surface area contributed by atoms with Gasteiger partial charge in [0.1, 0.15) is 5.69 Å². The molecule has 1 aromatic heterocycles. The fourth-order valence-corrected chi connectivity index (χ4v) is 1.38. The average Bonchev–Trinajstić information content (AvgIpc) is 2.38. The number of hydrogen-bond donors (Lipinski definition) is 1. The fourth-order valence-electron chi connectivity index (χ4n) is 1.38. The summed E-state index contributed by atoms with van der Waals surface area (Å²) in [6.45, 7) is 7.94. The number of carboxylic acid groups (broad SMARTS) is 1. The van der Waals surface area contributed by atoms with E-state index in [-0.39, 0.29) is 11.6 Å². The van der Waals surface area contributed by atoms with Gasteiger partial charge in [-0.15, -0.1) is 13.2 Å². The van der Waals surface area contributed by atoms with Crippen molar-refractivity contribution in [2.45, 2.75) is 0 Å². The first kappa shape index (κ1) is 13.6. The molecule has 0 saturated carbocycles. The van der Waals surface area contributed by atoms with Crippen LogP contribution in [-0.2, 0) is 0 Å². The van der Waals surface area contributed by atoms with E-state index in [0.717, 1.165) is 0 Å². The lowest BCUT2D eigenvalue weighted by atomic mass is 10.2. The number of carbonyl (C=O) groups excluding carboxylic acids is 1. The molecule has 0 saturated heterocycles. The van der Waals surface area contributed by atoms with E-state index in [2.05, 4.69) is 18.1 Å². The number of pyridine rings is 1. The van der Waals surface area contributed by atoms with E-state index in [1.54, 1.807) is 12.2 Å². The Labute approximate surface area is 105 Å². The minimum Gasteiger partial charge on any atom is -0.477 e. The van der Waals surface area contributed by atoms with Crippen LogP contribution in [0.4, 0.5) is 0 Å². The van der Waals surface area contributed by atoms with Gasteiger partial charge < -0.3 is 10.0 Å². The summed E-state index contributed by atoms with van der Waals surface area (Å²) in [6, 6.07) is 2.74. The van der Waals surface area contributed by atoms with Gasteiger partial charge in [-0.2, -0.15) is 0 Å². The molecule has 1 amide bonds. The molecule has 0 fully saturated rings. The molecule has 1 N–H and O–H groups in total. The molecule has 0 bridgehead atoms. The Kier molecular flexibility index (Phi) is 4.80. The molecular formula is C13H14N2O3. The van der Waals surface area contributed by atoms with Gasteiger partial charge in [-0.1, -0.05) is 12.2 Å². The van der Waals surface area contributed by atoms with Crippen LogP contribution in [-0.4, -0.2) is 40.0 Å². The molecule has 5 heteroatoms. The Morgan fingerprint density at radius 1 is 1.28 bits per heavy atom. The number of carbonyl (C=O) groups is 2. The second kappa shape index (κ2) is 6.34. The standard InChI is InChI=1S/C13H14N2O3/c1-3-7-15(8-4-2)12(16)10-5-6-11(13(17)18)14-9-10/h3-6,9H,1-2,7-8H2,(H,17,18). The number of carboxylic acids is 1. The van der Waals surface area contributed by atoms with Gasteiger partial charge in [-0.3, -0.25) is 4.79 Å². The highest BCUT2D eigenvalue weighted by molar-refractivity contribution is 5.95. The van der Waals surface area contributed by atoms with Crippen LogP contribution in [0.3, 0.4) is 0 Å². The minimum atomic E-state index is -1.12. The third-order valence-corrected chi connectivity index (χ3v) is 2.22. The molecule has 1 rings (SSSR count). The first-order chi connectivity index (χ1) is 8.60. The zero-order valence-corrected chi connectivity index (χ0v) is 9.87. The molecule has 5 nitrogen and oxygen atoms in total. The van der Waals surface area contributed by atoms with Gasteiger partial charge in [0, 0.05) is 19.3 Å². The maximum Gasteiger partial charge on any atom is 0.354 e. The summed E-state index contributed by atoms with van der Waals surface area (Å²) in [7, 11) is 0. The molecular weight excluding hydrogens is 232 g/mol. The molecule has 0 atom stereocenters. The summed E-state index contributed by atoms with van der Waals surface area (Å²) in [5.41, 5.74) is 0.245. The van der Waals surface area contributed by atoms with E-state index < -0.39 is 5.97 Å². The van der Waals surface area contributed by atoms with Crippen LogP contribution in [0.25, 0.3) is 0 Å². The van der Waals surface area contributed by atoms with Crippen molar-refractivity contribution >= 4 is 11.9 Å². The zero-order chi connectivity index (χ0) is 13.5. The van der Waals surface area contributed by atoms with Crippen LogP contribution in [0, 0.1) is 0 Å². The molecule has 0 aromatic carbocycles. The van der Waals surface area contributed by atoms with Gasteiger partial charge in [0.25, 0.3) is 5.91 Å². The largest absolute Gasteiger partial charge is 0.477 e. The van der Waals surface area contributed by atoms with Crippen molar-refractivity contribution in [3.05, 3.63) is 54.9 Å². The summed E-state index contributed by atoms with van der Waals surface area (Å²) in [4.78, 5) is 27.9. The zero-order valence-electron chi connectivity index (χ0n) is 9.87. The third-order valence-electron chi connectivity index (χ3n) is 2.22. The highest BCUT2D eigenvalue weighted by Crippen LogP contribution is 2.05. The van der Waals surface area contributed by atoms with Crippen molar-refractivity contribution in [2.75, 3.05) is 13.1 Å². The Hall–Kier alpha value is -2.43. The Morgan fingerprint density at radius 2 is 1.89 bits per heavy atom. The van der Waals surface area contributed by atoms with Crippen LogP contribution in [0.15, 0.2) is 43.6 Å². The molecule has 0 radical (unpaired) electrons. The first-order valence-corrected chi connectivity index (χ1v) is 5.30. The normalized spacial score (nSPS) is 9.56. The van der Waals surface area contributed by atoms with Crippen molar-refractivity contribution in [1.82, 2.24) is 9.88 Å². The molecule has 18 heavy (non-hydrogen) atoms. The molecule has 0 unspecified atom stereocenters. The van der Waals surface area contributed by atoms with Gasteiger partial charge >= 0.3 is 5.97 Å². The number of rotatable bonds is 6. The first-order valence-electron chi connectivity index (χ1n) is 5.30. The van der Waals surface area contributed by atoms with E-state index >= 15 is 0 Å². The molecule has 0 aliphatic carbocycles. The number of aromatic nitrogens is 1. The Bertz CT molecular complexity index is 456. The highest BCUT2D eigenvalue weighted by Gasteiger charge is 2.14. The van der Waals surface area contributed by atoms with Crippen molar-refractivity contribution < 1.29 is 14.7 Å². The lowest BCUT2D eigenvalue weighted by molar-refractivity contribution is 0.0688. The van der Waals surface area contributed by atoms with Crippen molar-refractivity contribution in [1.29, 1.82) is 0 Å². The number of nitrogens with zero attached hydrogens (tertiary/aromatic N) is 2. The predicted molar refractivity (Wildman–Crippen MR) is 67.5 cm³/mol. The van der Waals surface area contributed by atoms with E-state index in [1.165, 1.54) is 23.2 Å². The number of aromatic carboxylic acids is 1. The maximum absolute atomic E-state index is 12.0. The van der Waals surface area contributed by atoms with Gasteiger partial charge in [0.2, 0.25) is 0 Å². The molecule has 1 aromatic rings. The van der Waals surface area contributed by atoms with Crippen LogP contribution in [0.1, 0.15) is 20.8 Å². The summed E-state index contributed by atoms with van der Waals surface area (Å²) in [6.07, 6.45) is 4.48. The number of hydrogen-bond acceptors (Lipinski definition) is 3. The van der Waals surface area contributed by atoms with Gasteiger partial charge in [0.15, 0.2) is 0 Å². The monoisotopic (exact) mass is 246 g/mol. The molecule has 0 aliphatic heterocycles. The SMILES string of the molecule is C=CCN(CC=C)C(=O)c1ccc(C(=O)O)nc1. The van der Waals surface area contributed by atoms with Crippen LogP contribution < -0.4 is 0 Å². The van der Waals surface area contributed by atoms with Crippen LogP contribution in [0.2, 0.25) is 0 Å². The van der Waals surface area contributed by atoms with E-state index in [0.29, 0.717) is 18.7 Å². The minimum absolute atomic E-state index is 0.0921. The second-order valence-corrected chi connectivity index (χ2v) is 3.52. The summed E-state index contributed by atoms with van der Waals surface area (Å²) < 4.78 is 0. The maximum atomic E-state index is 12.0. The highest BCUT2D eigenvalue weighted by atomic mass is 16.4. The van der Waals surface area contributed by atoms with Crippen LogP contribution >= 0.6 is 0 Å². The molecule has 94 valence electrons. The van der Waals surface area contributed by atoms with Crippen LogP contribution in [0.5, 0.6) is 0 Å². The van der Waals surface area contributed by atoms with Gasteiger partial charge in [-0.25, -0.2) is 9.78 Å². The van der Waals surface area contributed by atoms with E-state index in [1.807, 2.05) is 0 Å². The second-order valence-electron chi connectivity index (χ2n) is 3.52. The lowest BCUT2D eigenvalue weighted by Gasteiger charge is -2.18. The Balaban J connectivity index is 2.90. The van der Waals surface area contributed by atoms with Crippen molar-refractivity contribution in [3.8, 4) is 0 Å². The summed E-state index contributed by atoms with van der Waals surface area (Å²) in [5, 5.41) is 8.71. The average molecular weight is 246 g/mol. The fraction of sp³-hybridized carbons (Fsp3) is 0.154. The van der Waals surface area contributed by atoms with Gasteiger partial charge in [0.05, 0.1) is 5.56 Å². The smallest absolute Gasteiger partial charge is 0.354 e. The molecule has 1 heterocycles.